The first-order chi connectivity index (χ1) is 9.31. The van der Waals surface area contributed by atoms with Crippen molar-refractivity contribution in [3.8, 4) is 11.8 Å². The van der Waals surface area contributed by atoms with Crippen molar-refractivity contribution < 1.29 is 4.74 Å². The molecular weight excluding hydrogens is 238 g/mol. The minimum atomic E-state index is 0.785. The van der Waals surface area contributed by atoms with Crippen LogP contribution in [0, 0.1) is 11.3 Å². The summed E-state index contributed by atoms with van der Waals surface area (Å²) in [6, 6.07) is 4.13. The first-order valence-electron chi connectivity index (χ1n) is 6.12. The van der Waals surface area contributed by atoms with E-state index in [4.69, 9.17) is 10.00 Å². The van der Waals surface area contributed by atoms with Crippen molar-refractivity contribution in [1.29, 1.82) is 5.26 Å². The van der Waals surface area contributed by atoms with Gasteiger partial charge in [-0.2, -0.15) is 5.26 Å². The Labute approximate surface area is 111 Å². The third-order valence-electron chi connectivity index (χ3n) is 3.35. The molecule has 0 N–H and O–H groups in total. The van der Waals surface area contributed by atoms with E-state index < -0.39 is 0 Å². The number of rotatable bonds is 2. The zero-order chi connectivity index (χ0) is 13.2. The van der Waals surface area contributed by atoms with Crippen molar-refractivity contribution >= 4 is 11.2 Å². The Hall–Kier alpha value is -2.54. The second-order valence-corrected chi connectivity index (χ2v) is 4.44. The van der Waals surface area contributed by atoms with Crippen LogP contribution in [0.4, 0.5) is 0 Å². The van der Waals surface area contributed by atoms with Crippen LogP contribution in [-0.2, 0) is 0 Å². The Morgan fingerprint density at radius 3 is 2.95 bits per heavy atom. The van der Waals surface area contributed by atoms with E-state index in [1.165, 1.54) is 5.57 Å². The number of ether oxygens (including phenoxy) is 1. The molecule has 0 unspecified atom stereocenters. The fraction of sp³-hybridized carbons (Fsp3) is 0.200. The lowest BCUT2D eigenvalue weighted by molar-refractivity contribution is 0.413. The first kappa shape index (κ1) is 11.5. The summed E-state index contributed by atoms with van der Waals surface area (Å²) in [5.41, 5.74) is 3.93. The fourth-order valence-electron chi connectivity index (χ4n) is 2.31. The van der Waals surface area contributed by atoms with Crippen molar-refractivity contribution in [2.75, 3.05) is 7.11 Å². The molecule has 0 aromatic carbocycles. The molecule has 0 amide bonds. The molecule has 0 radical (unpaired) electrons. The smallest absolute Gasteiger partial charge is 0.140 e. The van der Waals surface area contributed by atoms with Gasteiger partial charge in [-0.05, 0) is 24.5 Å². The summed E-state index contributed by atoms with van der Waals surface area (Å²) in [6.45, 7) is 0. The lowest BCUT2D eigenvalue weighted by Gasteiger charge is -2.15. The van der Waals surface area contributed by atoms with Gasteiger partial charge < -0.3 is 9.14 Å². The van der Waals surface area contributed by atoms with E-state index in [1.807, 2.05) is 35.0 Å². The maximum Gasteiger partial charge on any atom is 0.140 e. The van der Waals surface area contributed by atoms with Gasteiger partial charge in [-0.1, -0.05) is 6.08 Å². The van der Waals surface area contributed by atoms with Gasteiger partial charge in [-0.15, -0.1) is 0 Å². The lowest BCUT2D eigenvalue weighted by atomic mass is 9.94. The van der Waals surface area contributed by atoms with E-state index in [9.17, 15) is 0 Å². The van der Waals surface area contributed by atoms with Crippen LogP contribution < -0.4 is 4.74 Å². The third kappa shape index (κ3) is 2.00. The standard InChI is InChI=1S/C15H13N3O/c1-19-14-8-15-17-6-7-18(15)10-13(14)12-4-2-11(9-16)3-5-12/h2,4,6-8,10H,3,5H2,1H3. The Kier molecular flexibility index (Phi) is 2.81. The summed E-state index contributed by atoms with van der Waals surface area (Å²) >= 11 is 0. The minimum Gasteiger partial charge on any atom is -0.496 e. The number of hydrogen-bond acceptors (Lipinski definition) is 3. The Bertz CT molecular complexity index is 731. The largest absolute Gasteiger partial charge is 0.496 e. The molecule has 0 saturated carbocycles. The third-order valence-corrected chi connectivity index (χ3v) is 3.35. The molecule has 2 aromatic rings. The molecule has 94 valence electrons. The predicted molar refractivity (Wildman–Crippen MR) is 72.7 cm³/mol. The molecule has 0 aliphatic heterocycles. The second kappa shape index (κ2) is 4.62. The zero-order valence-corrected chi connectivity index (χ0v) is 10.6. The molecule has 0 saturated heterocycles. The second-order valence-electron chi connectivity index (χ2n) is 4.44. The van der Waals surface area contributed by atoms with Gasteiger partial charge in [0.05, 0.1) is 13.2 Å². The van der Waals surface area contributed by atoms with Crippen molar-refractivity contribution in [2.45, 2.75) is 12.8 Å². The van der Waals surface area contributed by atoms with Gasteiger partial charge in [-0.3, -0.25) is 0 Å². The number of fused-ring (bicyclic) bond motifs is 1. The van der Waals surface area contributed by atoms with Gasteiger partial charge in [0.25, 0.3) is 0 Å². The van der Waals surface area contributed by atoms with E-state index in [2.05, 4.69) is 11.1 Å². The van der Waals surface area contributed by atoms with Crippen LogP contribution in [0.5, 0.6) is 5.75 Å². The Balaban J connectivity index is 2.12. The molecule has 19 heavy (non-hydrogen) atoms. The molecule has 3 rings (SSSR count). The number of pyridine rings is 1. The molecule has 0 bridgehead atoms. The molecule has 1 aliphatic rings. The van der Waals surface area contributed by atoms with Gasteiger partial charge in [0, 0.05) is 35.8 Å². The maximum absolute atomic E-state index is 8.88. The summed E-state index contributed by atoms with van der Waals surface area (Å²) in [7, 11) is 1.66. The van der Waals surface area contributed by atoms with Crippen molar-refractivity contribution in [3.05, 3.63) is 47.9 Å². The first-order valence-corrected chi connectivity index (χ1v) is 6.12. The van der Waals surface area contributed by atoms with E-state index >= 15 is 0 Å². The van der Waals surface area contributed by atoms with Crippen molar-refractivity contribution in [1.82, 2.24) is 9.38 Å². The van der Waals surface area contributed by atoms with Gasteiger partial charge >= 0.3 is 0 Å². The Morgan fingerprint density at radius 2 is 2.26 bits per heavy atom. The summed E-state index contributed by atoms with van der Waals surface area (Å²) in [4.78, 5) is 4.25. The Morgan fingerprint density at radius 1 is 1.37 bits per heavy atom. The van der Waals surface area contributed by atoms with Gasteiger partial charge in [-0.25, -0.2) is 4.98 Å². The number of aromatic nitrogens is 2. The molecule has 0 spiro atoms. The average molecular weight is 251 g/mol. The molecule has 4 nitrogen and oxygen atoms in total. The topological polar surface area (TPSA) is 50.3 Å². The summed E-state index contributed by atoms with van der Waals surface area (Å²) in [5.74, 6) is 0.818. The van der Waals surface area contributed by atoms with Crippen LogP contribution in [0.3, 0.4) is 0 Å². The van der Waals surface area contributed by atoms with Crippen LogP contribution >= 0.6 is 0 Å². The summed E-state index contributed by atoms with van der Waals surface area (Å²) in [6.07, 6.45) is 11.2. The van der Waals surface area contributed by atoms with Crippen molar-refractivity contribution in [3.63, 3.8) is 0 Å². The van der Waals surface area contributed by atoms with E-state index in [0.717, 1.165) is 35.4 Å². The molecule has 2 aromatic heterocycles. The molecule has 2 heterocycles. The van der Waals surface area contributed by atoms with Crippen LogP contribution in [-0.4, -0.2) is 16.5 Å². The van der Waals surface area contributed by atoms with E-state index in [1.54, 1.807) is 13.3 Å². The van der Waals surface area contributed by atoms with Crippen LogP contribution in [0.1, 0.15) is 18.4 Å². The van der Waals surface area contributed by atoms with Crippen molar-refractivity contribution in [2.24, 2.45) is 0 Å². The lowest BCUT2D eigenvalue weighted by Crippen LogP contribution is -1.98. The zero-order valence-electron chi connectivity index (χ0n) is 10.6. The highest BCUT2D eigenvalue weighted by molar-refractivity contribution is 5.74. The molecular formula is C15H13N3O. The normalized spacial score (nSPS) is 14.7. The molecule has 1 aliphatic carbocycles. The van der Waals surface area contributed by atoms with Gasteiger partial charge in [0.2, 0.25) is 0 Å². The number of nitriles is 1. The fourth-order valence-corrected chi connectivity index (χ4v) is 2.31. The number of methoxy groups -OCH3 is 1. The van der Waals surface area contributed by atoms with Crippen LogP contribution in [0.25, 0.3) is 11.2 Å². The van der Waals surface area contributed by atoms with E-state index in [0.29, 0.717) is 0 Å². The highest BCUT2D eigenvalue weighted by Gasteiger charge is 2.14. The SMILES string of the molecule is COc1cc2nccn2cc1C1=CC=C(C#N)CC1. The predicted octanol–water partition coefficient (Wildman–Crippen LogP) is 2.97. The number of allylic oxidation sites excluding steroid dienone is 4. The average Bonchev–Trinajstić information content (AvgIpc) is 2.93. The highest BCUT2D eigenvalue weighted by atomic mass is 16.5. The quantitative estimate of drug-likeness (QED) is 0.824. The van der Waals surface area contributed by atoms with E-state index in [-0.39, 0.29) is 0 Å². The monoisotopic (exact) mass is 251 g/mol. The summed E-state index contributed by atoms with van der Waals surface area (Å²) < 4.78 is 7.42. The maximum atomic E-state index is 8.88. The van der Waals surface area contributed by atoms with Crippen LogP contribution in [0.15, 0.2) is 42.4 Å². The number of hydrogen-bond donors (Lipinski definition) is 0. The number of imidazole rings is 1. The van der Waals surface area contributed by atoms with Gasteiger partial charge in [0.1, 0.15) is 11.4 Å². The van der Waals surface area contributed by atoms with Gasteiger partial charge in [0.15, 0.2) is 0 Å². The number of nitrogens with zero attached hydrogens (tertiary/aromatic N) is 3. The molecule has 0 fully saturated rings. The minimum absolute atomic E-state index is 0.785. The summed E-state index contributed by atoms with van der Waals surface area (Å²) in [5, 5.41) is 8.88. The molecule has 4 heteroatoms. The highest BCUT2D eigenvalue weighted by Crippen LogP contribution is 2.33. The molecule has 0 atom stereocenters. The van der Waals surface area contributed by atoms with Crippen LogP contribution in [0.2, 0.25) is 0 Å².